The van der Waals surface area contributed by atoms with Gasteiger partial charge in [0.15, 0.2) is 0 Å². The molecule has 0 radical (unpaired) electrons. The van der Waals surface area contributed by atoms with Crippen molar-refractivity contribution in [3.8, 4) is 0 Å². The SMILES string of the molecule is CC(=O)OCC1CC1(N)C(=O)OC(C)(C)C. The van der Waals surface area contributed by atoms with Gasteiger partial charge >= 0.3 is 11.9 Å². The fourth-order valence-corrected chi connectivity index (χ4v) is 1.40. The van der Waals surface area contributed by atoms with Crippen molar-refractivity contribution in [1.29, 1.82) is 0 Å². The van der Waals surface area contributed by atoms with Crippen LogP contribution >= 0.6 is 0 Å². The van der Waals surface area contributed by atoms with E-state index in [9.17, 15) is 9.59 Å². The van der Waals surface area contributed by atoms with Gasteiger partial charge in [0.25, 0.3) is 0 Å². The summed E-state index contributed by atoms with van der Waals surface area (Å²) in [6, 6.07) is 0. The van der Waals surface area contributed by atoms with Gasteiger partial charge in [-0.05, 0) is 27.2 Å². The van der Waals surface area contributed by atoms with Gasteiger partial charge in [0.1, 0.15) is 11.1 Å². The summed E-state index contributed by atoms with van der Waals surface area (Å²) >= 11 is 0. The Balaban J connectivity index is 2.44. The number of hydrogen-bond donors (Lipinski definition) is 1. The Kier molecular flexibility index (Phi) is 3.28. The Morgan fingerprint density at radius 2 is 2.00 bits per heavy atom. The first-order chi connectivity index (χ1) is 7.15. The molecule has 0 heterocycles. The van der Waals surface area contributed by atoms with Crippen LogP contribution in [0.3, 0.4) is 0 Å². The summed E-state index contributed by atoms with van der Waals surface area (Å²) in [4.78, 5) is 22.3. The fourth-order valence-electron chi connectivity index (χ4n) is 1.40. The second-order valence-corrected chi connectivity index (χ2v) is 5.25. The fraction of sp³-hybridized carbons (Fsp3) is 0.818. The molecule has 0 aromatic carbocycles. The lowest BCUT2D eigenvalue weighted by molar-refractivity contribution is -0.159. The second-order valence-electron chi connectivity index (χ2n) is 5.25. The van der Waals surface area contributed by atoms with E-state index in [2.05, 4.69) is 0 Å². The standard InChI is InChI=1S/C11H19NO4/c1-7(13)15-6-8-5-11(8,12)9(14)16-10(2,3)4/h8H,5-6,12H2,1-4H3. The van der Waals surface area contributed by atoms with Crippen LogP contribution in [0, 0.1) is 5.92 Å². The van der Waals surface area contributed by atoms with E-state index in [1.165, 1.54) is 6.92 Å². The van der Waals surface area contributed by atoms with E-state index in [0.29, 0.717) is 6.42 Å². The molecule has 0 aromatic heterocycles. The van der Waals surface area contributed by atoms with Crippen molar-refractivity contribution >= 4 is 11.9 Å². The van der Waals surface area contributed by atoms with Crippen molar-refractivity contribution in [2.24, 2.45) is 11.7 Å². The predicted molar refractivity (Wildman–Crippen MR) is 57.5 cm³/mol. The largest absolute Gasteiger partial charge is 0.465 e. The first kappa shape index (κ1) is 13.0. The van der Waals surface area contributed by atoms with Crippen molar-refractivity contribution in [3.05, 3.63) is 0 Å². The van der Waals surface area contributed by atoms with Crippen molar-refractivity contribution in [2.75, 3.05) is 6.61 Å². The topological polar surface area (TPSA) is 78.6 Å². The molecule has 1 saturated carbocycles. The first-order valence-corrected chi connectivity index (χ1v) is 5.31. The molecular weight excluding hydrogens is 210 g/mol. The van der Waals surface area contributed by atoms with Gasteiger partial charge < -0.3 is 15.2 Å². The second kappa shape index (κ2) is 4.05. The molecule has 0 aromatic rings. The van der Waals surface area contributed by atoms with Gasteiger partial charge in [-0.3, -0.25) is 9.59 Å². The molecule has 2 atom stereocenters. The molecule has 0 saturated heterocycles. The van der Waals surface area contributed by atoms with Gasteiger partial charge in [-0.15, -0.1) is 0 Å². The van der Waals surface area contributed by atoms with E-state index in [1.54, 1.807) is 20.8 Å². The molecule has 0 spiro atoms. The number of ether oxygens (including phenoxy) is 2. The Bertz CT molecular complexity index is 308. The number of carbonyl (C=O) groups is 2. The van der Waals surface area contributed by atoms with E-state index in [-0.39, 0.29) is 18.5 Å². The quantitative estimate of drug-likeness (QED) is 0.717. The number of hydrogen-bond acceptors (Lipinski definition) is 5. The van der Waals surface area contributed by atoms with E-state index in [0.717, 1.165) is 0 Å². The number of rotatable bonds is 3. The van der Waals surface area contributed by atoms with Crippen LogP contribution in [0.4, 0.5) is 0 Å². The monoisotopic (exact) mass is 229 g/mol. The van der Waals surface area contributed by atoms with Crippen LogP contribution < -0.4 is 5.73 Å². The highest BCUT2D eigenvalue weighted by Gasteiger charge is 2.59. The Morgan fingerprint density at radius 1 is 1.44 bits per heavy atom. The average molecular weight is 229 g/mol. The molecule has 1 fully saturated rings. The predicted octanol–water partition coefficient (Wildman–Crippen LogP) is 0.609. The van der Waals surface area contributed by atoms with Crippen molar-refractivity contribution in [2.45, 2.75) is 45.3 Å². The molecule has 2 unspecified atom stereocenters. The Morgan fingerprint density at radius 3 is 2.44 bits per heavy atom. The van der Waals surface area contributed by atoms with Gasteiger partial charge in [0.2, 0.25) is 0 Å². The van der Waals surface area contributed by atoms with Gasteiger partial charge in [-0.2, -0.15) is 0 Å². The third-order valence-electron chi connectivity index (χ3n) is 2.42. The summed E-state index contributed by atoms with van der Waals surface area (Å²) in [5.74, 6) is -0.901. The maximum atomic E-state index is 11.7. The Hall–Kier alpha value is -1.10. The molecule has 5 heteroatoms. The zero-order valence-electron chi connectivity index (χ0n) is 10.2. The maximum Gasteiger partial charge on any atom is 0.327 e. The van der Waals surface area contributed by atoms with Crippen molar-refractivity contribution in [1.82, 2.24) is 0 Å². The van der Waals surface area contributed by atoms with E-state index in [1.807, 2.05) is 0 Å². The molecule has 1 aliphatic carbocycles. The molecule has 0 amide bonds. The molecular formula is C11H19NO4. The number of carbonyl (C=O) groups excluding carboxylic acids is 2. The van der Waals surface area contributed by atoms with Crippen molar-refractivity contribution in [3.63, 3.8) is 0 Å². The third-order valence-corrected chi connectivity index (χ3v) is 2.42. The molecule has 16 heavy (non-hydrogen) atoms. The summed E-state index contributed by atoms with van der Waals surface area (Å²) in [5, 5.41) is 0. The van der Waals surface area contributed by atoms with Gasteiger partial charge in [0, 0.05) is 12.8 Å². The minimum absolute atomic E-state index is 0.119. The third kappa shape index (κ3) is 3.20. The summed E-state index contributed by atoms with van der Waals surface area (Å²) in [6.45, 7) is 6.88. The lowest BCUT2D eigenvalue weighted by Crippen LogP contribution is -2.41. The van der Waals surface area contributed by atoms with Gasteiger partial charge in [0.05, 0.1) is 6.61 Å². The molecule has 0 bridgehead atoms. The normalized spacial score (nSPS) is 28.4. The highest BCUT2D eigenvalue weighted by molar-refractivity contribution is 5.85. The lowest BCUT2D eigenvalue weighted by atomic mass is 10.1. The zero-order chi connectivity index (χ0) is 12.6. The molecule has 0 aliphatic heterocycles. The molecule has 1 rings (SSSR count). The van der Waals surface area contributed by atoms with Crippen LogP contribution in [0.25, 0.3) is 0 Å². The highest BCUT2D eigenvalue weighted by Crippen LogP contribution is 2.42. The summed E-state index contributed by atoms with van der Waals surface area (Å²) in [5.41, 5.74) is 4.35. The van der Waals surface area contributed by atoms with Crippen LogP contribution in [0.5, 0.6) is 0 Å². The smallest absolute Gasteiger partial charge is 0.327 e. The zero-order valence-corrected chi connectivity index (χ0v) is 10.2. The summed E-state index contributed by atoms with van der Waals surface area (Å²) < 4.78 is 10.0. The highest BCUT2D eigenvalue weighted by atomic mass is 16.6. The van der Waals surface area contributed by atoms with Gasteiger partial charge in [-0.25, -0.2) is 0 Å². The van der Waals surface area contributed by atoms with Gasteiger partial charge in [-0.1, -0.05) is 0 Å². The van der Waals surface area contributed by atoms with E-state index < -0.39 is 17.1 Å². The van der Waals surface area contributed by atoms with Crippen LogP contribution in [0.1, 0.15) is 34.1 Å². The minimum Gasteiger partial charge on any atom is -0.465 e. The van der Waals surface area contributed by atoms with E-state index >= 15 is 0 Å². The van der Waals surface area contributed by atoms with Crippen LogP contribution in [0.15, 0.2) is 0 Å². The minimum atomic E-state index is -0.970. The molecule has 92 valence electrons. The maximum absolute atomic E-state index is 11.7. The Labute approximate surface area is 95.3 Å². The first-order valence-electron chi connectivity index (χ1n) is 5.31. The van der Waals surface area contributed by atoms with Crippen LogP contribution in [-0.4, -0.2) is 29.7 Å². The van der Waals surface area contributed by atoms with E-state index in [4.69, 9.17) is 15.2 Å². The number of nitrogens with two attached hydrogens (primary N) is 1. The van der Waals surface area contributed by atoms with Crippen molar-refractivity contribution < 1.29 is 19.1 Å². The molecule has 5 nitrogen and oxygen atoms in total. The lowest BCUT2D eigenvalue weighted by Gasteiger charge is -2.22. The molecule has 1 aliphatic rings. The molecule has 2 N–H and O–H groups in total. The summed E-state index contributed by atoms with van der Waals surface area (Å²) in [7, 11) is 0. The summed E-state index contributed by atoms with van der Waals surface area (Å²) in [6.07, 6.45) is 0.509. The van der Waals surface area contributed by atoms with Crippen LogP contribution in [0.2, 0.25) is 0 Å². The number of esters is 2. The van der Waals surface area contributed by atoms with Crippen LogP contribution in [-0.2, 0) is 19.1 Å². The average Bonchev–Trinajstić information content (AvgIpc) is 2.72.